The van der Waals surface area contributed by atoms with Crippen molar-refractivity contribution in [2.45, 2.75) is 6.18 Å². The number of halogens is 4. The Labute approximate surface area is 127 Å². The molecule has 0 aliphatic rings. The summed E-state index contributed by atoms with van der Waals surface area (Å²) in [6.07, 6.45) is -4.17. The van der Waals surface area contributed by atoms with Crippen molar-refractivity contribution in [1.82, 2.24) is 9.97 Å². The molecule has 2 N–H and O–H groups in total. The number of aromatic nitrogens is 2. The van der Waals surface area contributed by atoms with Crippen molar-refractivity contribution in [2.24, 2.45) is 0 Å². The van der Waals surface area contributed by atoms with Gasteiger partial charge in [-0.2, -0.15) is 18.2 Å². The van der Waals surface area contributed by atoms with Gasteiger partial charge in [0.1, 0.15) is 11.4 Å². The van der Waals surface area contributed by atoms with Gasteiger partial charge in [0.2, 0.25) is 11.0 Å². The molecular weight excluding hydrogens is 346 g/mol. The number of benzene rings is 1. The number of anilines is 2. The Bertz CT molecular complexity index is 714. The Balaban J connectivity index is 2.43. The van der Waals surface area contributed by atoms with Crippen LogP contribution in [0.5, 0.6) is 5.75 Å². The molecule has 6 nitrogen and oxygen atoms in total. The van der Waals surface area contributed by atoms with Crippen molar-refractivity contribution in [1.29, 1.82) is 0 Å². The Morgan fingerprint density at radius 2 is 2.00 bits per heavy atom. The molecule has 0 fully saturated rings. The minimum atomic E-state index is -4.70. The maximum Gasteiger partial charge on any atom is 0.747 e. The van der Waals surface area contributed by atoms with Gasteiger partial charge in [0.25, 0.3) is 0 Å². The van der Waals surface area contributed by atoms with Crippen molar-refractivity contribution in [3.63, 3.8) is 0 Å². The summed E-state index contributed by atoms with van der Waals surface area (Å²) < 4.78 is 54.1. The average molecular weight is 353 g/mol. The number of nitrogens with zero attached hydrogens (tertiary/aromatic N) is 2. The number of nitrogens with one attached hydrogen (secondary N) is 1. The van der Waals surface area contributed by atoms with Gasteiger partial charge >= 0.3 is 14.4 Å². The second-order valence-electron chi connectivity index (χ2n) is 3.85. The summed E-state index contributed by atoms with van der Waals surface area (Å²) in [5.41, 5.74) is -1.12. The number of rotatable bonds is 4. The lowest BCUT2D eigenvalue weighted by Gasteiger charge is -2.13. The number of para-hydroxylation sites is 2. The highest BCUT2D eigenvalue weighted by Crippen LogP contribution is 2.37. The highest BCUT2D eigenvalue weighted by atomic mass is 35.5. The van der Waals surface area contributed by atoms with Gasteiger partial charge in [-0.15, -0.1) is 4.89 Å². The van der Waals surface area contributed by atoms with E-state index in [2.05, 4.69) is 19.8 Å². The first-order valence-corrected chi connectivity index (χ1v) is 7.08. The standard InChI is InChI=1S/C11H6ClF3N3O3P/c12-10-16-5-6(11(13,14)15)9(18-10)17-7-3-1-2-4-8(7)21-22(19)20/h1-5H,(H-,16,17,18,19,20)/p+1. The number of hydrogen-bond donors (Lipinski definition) is 2. The van der Waals surface area contributed by atoms with Crippen LogP contribution in [0.15, 0.2) is 30.5 Å². The normalized spacial score (nSPS) is 12.0. The lowest BCUT2D eigenvalue weighted by atomic mass is 10.2. The van der Waals surface area contributed by atoms with E-state index < -0.39 is 25.8 Å². The molecule has 1 atom stereocenters. The van der Waals surface area contributed by atoms with Crippen LogP contribution in [0.4, 0.5) is 24.7 Å². The Hall–Kier alpha value is -1.96. The fraction of sp³-hybridized carbons (Fsp3) is 0.0909. The fourth-order valence-electron chi connectivity index (χ4n) is 1.52. The van der Waals surface area contributed by atoms with Crippen molar-refractivity contribution >= 4 is 31.4 Å². The first-order valence-electron chi connectivity index (χ1n) is 5.57. The van der Waals surface area contributed by atoms with Gasteiger partial charge in [-0.1, -0.05) is 12.1 Å². The SMILES string of the molecule is O=[P+](O)Oc1ccccc1Nc1nc(Cl)ncc1C(F)(F)F. The van der Waals surface area contributed by atoms with E-state index in [9.17, 15) is 17.7 Å². The summed E-state index contributed by atoms with van der Waals surface area (Å²) in [6, 6.07) is 5.64. The Morgan fingerprint density at radius 1 is 1.32 bits per heavy atom. The van der Waals surface area contributed by atoms with Crippen LogP contribution in [0.1, 0.15) is 5.56 Å². The molecule has 0 saturated heterocycles. The van der Waals surface area contributed by atoms with Crippen LogP contribution in [0.3, 0.4) is 0 Å². The minimum Gasteiger partial charge on any atom is -0.336 e. The molecule has 1 aromatic heterocycles. The van der Waals surface area contributed by atoms with Gasteiger partial charge in [-0.05, 0) is 23.7 Å². The molecule has 0 aliphatic heterocycles. The Kier molecular flexibility index (Phi) is 4.80. The van der Waals surface area contributed by atoms with E-state index in [0.717, 1.165) is 0 Å². The van der Waals surface area contributed by atoms with E-state index in [1.807, 2.05) is 0 Å². The van der Waals surface area contributed by atoms with Gasteiger partial charge in [-0.3, -0.25) is 0 Å². The van der Waals surface area contributed by atoms with Gasteiger partial charge in [0.05, 0.1) is 5.69 Å². The largest absolute Gasteiger partial charge is 0.747 e. The molecule has 2 rings (SSSR count). The van der Waals surface area contributed by atoms with Crippen LogP contribution in [-0.2, 0) is 10.7 Å². The molecule has 0 saturated carbocycles. The smallest absolute Gasteiger partial charge is 0.336 e. The maximum absolute atomic E-state index is 12.9. The van der Waals surface area contributed by atoms with Crippen LogP contribution in [0.2, 0.25) is 5.28 Å². The van der Waals surface area contributed by atoms with E-state index >= 15 is 0 Å². The summed E-state index contributed by atoms with van der Waals surface area (Å²) in [5, 5.41) is 1.99. The number of hydrogen-bond acceptors (Lipinski definition) is 5. The molecule has 116 valence electrons. The van der Waals surface area contributed by atoms with Crippen molar-refractivity contribution in [2.75, 3.05) is 5.32 Å². The predicted octanol–water partition coefficient (Wildman–Crippen LogP) is 3.92. The second kappa shape index (κ2) is 6.43. The van der Waals surface area contributed by atoms with Gasteiger partial charge in [0, 0.05) is 10.8 Å². The van der Waals surface area contributed by atoms with E-state index in [0.29, 0.717) is 6.20 Å². The predicted molar refractivity (Wildman–Crippen MR) is 72.2 cm³/mol. The molecule has 1 aromatic carbocycles. The molecule has 22 heavy (non-hydrogen) atoms. The third-order valence-electron chi connectivity index (χ3n) is 2.38. The molecular formula is C11H7ClF3N3O3P+. The van der Waals surface area contributed by atoms with E-state index in [-0.39, 0.29) is 16.7 Å². The zero-order valence-electron chi connectivity index (χ0n) is 10.5. The van der Waals surface area contributed by atoms with Crippen LogP contribution in [-0.4, -0.2) is 14.9 Å². The maximum atomic E-state index is 12.9. The van der Waals surface area contributed by atoms with Gasteiger partial charge in [0.15, 0.2) is 0 Å². The molecule has 0 amide bonds. The molecule has 1 unspecified atom stereocenters. The fourth-order valence-corrected chi connectivity index (χ4v) is 1.99. The summed E-state index contributed by atoms with van der Waals surface area (Å²) in [6.45, 7) is 0. The summed E-state index contributed by atoms with van der Waals surface area (Å²) in [4.78, 5) is 15.5. The minimum absolute atomic E-state index is 0.0140. The van der Waals surface area contributed by atoms with Crippen LogP contribution in [0, 0.1) is 0 Å². The lowest BCUT2D eigenvalue weighted by Crippen LogP contribution is -2.11. The summed E-state index contributed by atoms with van der Waals surface area (Å²) in [5.74, 6) is -0.717. The third kappa shape index (κ3) is 4.03. The highest BCUT2D eigenvalue weighted by molar-refractivity contribution is 7.32. The van der Waals surface area contributed by atoms with Crippen molar-refractivity contribution in [3.8, 4) is 5.75 Å². The van der Waals surface area contributed by atoms with E-state index in [1.54, 1.807) is 0 Å². The quantitative estimate of drug-likeness (QED) is 0.641. The molecule has 0 bridgehead atoms. The zero-order valence-corrected chi connectivity index (χ0v) is 12.2. The molecule has 0 aliphatic carbocycles. The van der Waals surface area contributed by atoms with Gasteiger partial charge in [-0.25, -0.2) is 9.51 Å². The van der Waals surface area contributed by atoms with E-state index in [4.69, 9.17) is 16.5 Å². The van der Waals surface area contributed by atoms with Crippen LogP contribution in [0.25, 0.3) is 0 Å². The zero-order chi connectivity index (χ0) is 16.3. The van der Waals surface area contributed by atoms with Crippen LogP contribution >= 0.6 is 19.9 Å². The van der Waals surface area contributed by atoms with Crippen molar-refractivity contribution < 1.29 is 27.2 Å². The molecule has 1 heterocycles. The van der Waals surface area contributed by atoms with Crippen molar-refractivity contribution in [3.05, 3.63) is 41.3 Å². The average Bonchev–Trinajstić information content (AvgIpc) is 2.39. The topological polar surface area (TPSA) is 84.3 Å². The summed E-state index contributed by atoms with van der Waals surface area (Å²) >= 11 is 5.51. The first kappa shape index (κ1) is 16.4. The van der Waals surface area contributed by atoms with Crippen LogP contribution < -0.4 is 9.84 Å². The van der Waals surface area contributed by atoms with Gasteiger partial charge < -0.3 is 5.32 Å². The molecule has 0 radical (unpaired) electrons. The summed E-state index contributed by atoms with van der Waals surface area (Å²) in [7, 11) is -2.98. The molecule has 0 spiro atoms. The number of alkyl halides is 3. The lowest BCUT2D eigenvalue weighted by molar-refractivity contribution is -0.137. The second-order valence-corrected chi connectivity index (χ2v) is 4.85. The monoisotopic (exact) mass is 352 g/mol. The Morgan fingerprint density at radius 3 is 2.64 bits per heavy atom. The van der Waals surface area contributed by atoms with E-state index in [1.165, 1.54) is 24.3 Å². The highest BCUT2D eigenvalue weighted by Gasteiger charge is 2.35. The first-order chi connectivity index (χ1) is 10.3. The third-order valence-corrected chi connectivity index (χ3v) is 2.92. The molecule has 11 heteroatoms. The molecule has 2 aromatic rings.